The molecule has 0 radical (unpaired) electrons. The number of pyridine rings is 1. The predicted octanol–water partition coefficient (Wildman–Crippen LogP) is 3.92. The van der Waals surface area contributed by atoms with Gasteiger partial charge in [-0.1, -0.05) is 17.9 Å². The number of aromatic nitrogens is 1. The van der Waals surface area contributed by atoms with Gasteiger partial charge in [-0.15, -0.1) is 0 Å². The van der Waals surface area contributed by atoms with Gasteiger partial charge < -0.3 is 23.7 Å². The molecule has 0 amide bonds. The predicted molar refractivity (Wildman–Crippen MR) is 122 cm³/mol. The fraction of sp³-hybridized carbons (Fsp3) is 0.192. The van der Waals surface area contributed by atoms with Crippen LogP contribution in [0.1, 0.15) is 22.5 Å². The molecule has 1 heterocycles. The molecule has 0 aliphatic rings. The highest BCUT2D eigenvalue weighted by atomic mass is 16.5. The molecule has 0 fully saturated rings. The van der Waals surface area contributed by atoms with Crippen LogP contribution >= 0.6 is 0 Å². The maximum Gasteiger partial charge on any atom is 0.203 e. The highest BCUT2D eigenvalue weighted by molar-refractivity contribution is 5.58. The zero-order valence-electron chi connectivity index (χ0n) is 18.6. The zero-order chi connectivity index (χ0) is 22.9. The largest absolute Gasteiger partial charge is 0.493 e. The van der Waals surface area contributed by atoms with Crippen molar-refractivity contribution in [2.75, 3.05) is 35.5 Å². The quantitative estimate of drug-likeness (QED) is 0.573. The van der Waals surface area contributed by atoms with Crippen LogP contribution < -0.4 is 23.7 Å². The van der Waals surface area contributed by atoms with Crippen LogP contribution in [0.3, 0.4) is 0 Å². The second-order valence-electron chi connectivity index (χ2n) is 6.39. The van der Waals surface area contributed by atoms with Gasteiger partial charge in [-0.3, -0.25) is 0 Å². The van der Waals surface area contributed by atoms with Crippen molar-refractivity contribution in [3.05, 3.63) is 71.0 Å². The van der Waals surface area contributed by atoms with Gasteiger partial charge in [-0.25, -0.2) is 4.98 Å². The molecule has 3 rings (SSSR count). The van der Waals surface area contributed by atoms with E-state index in [1.807, 2.05) is 36.4 Å². The van der Waals surface area contributed by atoms with Crippen molar-refractivity contribution in [2.45, 2.75) is 0 Å². The summed E-state index contributed by atoms with van der Waals surface area (Å²) in [4.78, 5) is 4.51. The first-order valence-electron chi connectivity index (χ1n) is 9.65. The molecular weight excluding hydrogens is 406 g/mol. The Balaban J connectivity index is 1.87. The summed E-state index contributed by atoms with van der Waals surface area (Å²) in [7, 11) is 7.88. The van der Waals surface area contributed by atoms with E-state index in [9.17, 15) is 0 Å². The number of methoxy groups -OCH3 is 5. The van der Waals surface area contributed by atoms with Gasteiger partial charge in [0.15, 0.2) is 23.0 Å². The Hall–Kier alpha value is -4.29. The van der Waals surface area contributed by atoms with Crippen molar-refractivity contribution in [2.24, 2.45) is 0 Å². The van der Waals surface area contributed by atoms with Crippen LogP contribution in [-0.2, 0) is 0 Å². The van der Waals surface area contributed by atoms with Crippen molar-refractivity contribution >= 4 is 0 Å². The number of rotatable bonds is 5. The Morgan fingerprint density at radius 2 is 1.06 bits per heavy atom. The monoisotopic (exact) mass is 429 g/mol. The van der Waals surface area contributed by atoms with Crippen molar-refractivity contribution < 1.29 is 23.7 Å². The maximum absolute atomic E-state index is 5.37. The van der Waals surface area contributed by atoms with E-state index in [0.29, 0.717) is 45.7 Å². The lowest BCUT2D eigenvalue weighted by Gasteiger charge is -2.12. The van der Waals surface area contributed by atoms with Gasteiger partial charge in [-0.05, 0) is 54.3 Å². The molecule has 0 bridgehead atoms. The molecule has 32 heavy (non-hydrogen) atoms. The molecule has 0 unspecified atom stereocenters. The fourth-order valence-corrected chi connectivity index (χ4v) is 2.91. The molecule has 2 aromatic carbocycles. The van der Waals surface area contributed by atoms with Gasteiger partial charge in [0.25, 0.3) is 0 Å². The molecule has 1 aromatic heterocycles. The maximum atomic E-state index is 5.37. The highest BCUT2D eigenvalue weighted by Gasteiger charge is 2.12. The van der Waals surface area contributed by atoms with Crippen LogP contribution in [0, 0.1) is 23.7 Å². The topological polar surface area (TPSA) is 59.0 Å². The van der Waals surface area contributed by atoms with Crippen LogP contribution in [0.4, 0.5) is 0 Å². The van der Waals surface area contributed by atoms with E-state index >= 15 is 0 Å². The van der Waals surface area contributed by atoms with Crippen molar-refractivity contribution in [3.63, 3.8) is 0 Å². The van der Waals surface area contributed by atoms with Crippen molar-refractivity contribution in [1.82, 2.24) is 4.98 Å². The molecule has 0 saturated carbocycles. The summed E-state index contributed by atoms with van der Waals surface area (Å²) in [6.45, 7) is 0. The van der Waals surface area contributed by atoms with Gasteiger partial charge in [0, 0.05) is 11.1 Å². The smallest absolute Gasteiger partial charge is 0.203 e. The number of nitrogens with zero attached hydrogens (tertiary/aromatic N) is 1. The minimum absolute atomic E-state index is 0.520. The van der Waals surface area contributed by atoms with Gasteiger partial charge in [0.05, 0.1) is 35.5 Å². The van der Waals surface area contributed by atoms with Crippen LogP contribution in [-0.4, -0.2) is 40.5 Å². The lowest BCUT2D eigenvalue weighted by atomic mass is 10.1. The SMILES string of the molecule is COc1ccc(C#Cc2cccc(C#Cc3cc(OC)c(OC)c(OC)c3)n2)cc1OC. The van der Waals surface area contributed by atoms with Gasteiger partial charge in [0.1, 0.15) is 11.4 Å². The molecule has 162 valence electrons. The Morgan fingerprint density at radius 3 is 1.59 bits per heavy atom. The Kier molecular flexibility index (Phi) is 7.46. The molecular formula is C26H23NO5. The molecule has 6 nitrogen and oxygen atoms in total. The summed E-state index contributed by atoms with van der Waals surface area (Å²) in [5, 5.41) is 0. The minimum Gasteiger partial charge on any atom is -0.493 e. The standard InChI is InChI=1S/C26H23NO5/c1-28-22-14-11-18(15-23(22)29-2)9-12-20-7-6-8-21(27-20)13-10-19-16-24(30-3)26(32-5)25(17-19)31-4/h6-8,11,14-17H,1-5H3. The van der Waals surface area contributed by atoms with Gasteiger partial charge >= 0.3 is 0 Å². The lowest BCUT2D eigenvalue weighted by molar-refractivity contribution is 0.324. The lowest BCUT2D eigenvalue weighted by Crippen LogP contribution is -1.95. The number of hydrogen-bond donors (Lipinski definition) is 0. The van der Waals surface area contributed by atoms with Crippen molar-refractivity contribution in [3.8, 4) is 52.4 Å². The average Bonchev–Trinajstić information content (AvgIpc) is 2.85. The molecule has 0 aliphatic carbocycles. The normalized spacial score (nSPS) is 9.53. The van der Waals surface area contributed by atoms with E-state index in [4.69, 9.17) is 23.7 Å². The molecule has 0 aliphatic heterocycles. The Morgan fingerprint density at radius 1 is 0.531 bits per heavy atom. The summed E-state index contributed by atoms with van der Waals surface area (Å²) in [5.41, 5.74) is 2.70. The first kappa shape index (κ1) is 22.4. The van der Waals surface area contributed by atoms with Crippen molar-refractivity contribution in [1.29, 1.82) is 0 Å². The second-order valence-corrected chi connectivity index (χ2v) is 6.39. The summed E-state index contributed by atoms with van der Waals surface area (Å²) >= 11 is 0. The fourth-order valence-electron chi connectivity index (χ4n) is 2.91. The number of hydrogen-bond acceptors (Lipinski definition) is 6. The van der Waals surface area contributed by atoms with Crippen LogP contribution in [0.2, 0.25) is 0 Å². The third-order valence-corrected chi connectivity index (χ3v) is 4.47. The third kappa shape index (κ3) is 5.24. The summed E-state index contributed by atoms with van der Waals surface area (Å²) < 4.78 is 26.7. The first-order valence-corrected chi connectivity index (χ1v) is 9.65. The van der Waals surface area contributed by atoms with Gasteiger partial charge in [-0.2, -0.15) is 0 Å². The molecule has 0 spiro atoms. The summed E-state index contributed by atoms with van der Waals surface area (Å²) in [6.07, 6.45) is 0. The van der Waals surface area contributed by atoms with Crippen LogP contribution in [0.25, 0.3) is 0 Å². The Bertz CT molecular complexity index is 1200. The van der Waals surface area contributed by atoms with E-state index in [2.05, 4.69) is 28.7 Å². The number of benzene rings is 2. The number of ether oxygens (including phenoxy) is 5. The third-order valence-electron chi connectivity index (χ3n) is 4.47. The molecule has 0 saturated heterocycles. The molecule has 3 aromatic rings. The molecule has 0 atom stereocenters. The van der Waals surface area contributed by atoms with E-state index in [-0.39, 0.29) is 0 Å². The second kappa shape index (κ2) is 10.7. The van der Waals surface area contributed by atoms with Crippen LogP contribution in [0.5, 0.6) is 28.7 Å². The van der Waals surface area contributed by atoms with Crippen LogP contribution in [0.15, 0.2) is 48.5 Å². The summed E-state index contributed by atoms with van der Waals surface area (Å²) in [5.74, 6) is 15.2. The first-order chi connectivity index (χ1) is 15.6. The van der Waals surface area contributed by atoms with Gasteiger partial charge in [0.2, 0.25) is 5.75 Å². The Labute approximate surface area is 188 Å². The summed E-state index contributed by atoms with van der Waals surface area (Å²) in [6, 6.07) is 14.6. The average molecular weight is 429 g/mol. The minimum atomic E-state index is 0.520. The molecule has 0 N–H and O–H groups in total. The van der Waals surface area contributed by atoms with E-state index in [0.717, 1.165) is 5.56 Å². The van der Waals surface area contributed by atoms with E-state index < -0.39 is 0 Å². The highest BCUT2D eigenvalue weighted by Crippen LogP contribution is 2.37. The zero-order valence-corrected chi connectivity index (χ0v) is 18.6. The molecule has 6 heteroatoms. The van der Waals surface area contributed by atoms with E-state index in [1.54, 1.807) is 47.7 Å². The van der Waals surface area contributed by atoms with E-state index in [1.165, 1.54) is 0 Å².